The van der Waals surface area contributed by atoms with Crippen molar-refractivity contribution < 1.29 is 60.6 Å². The minimum atomic E-state index is 0. The average molecular weight is 237 g/mol. The van der Waals surface area contributed by atoms with Gasteiger partial charge in [-0.05, 0) is 0 Å². The van der Waals surface area contributed by atoms with E-state index >= 15 is 0 Å². The van der Waals surface area contributed by atoms with Gasteiger partial charge in [0.2, 0.25) is 0 Å². The zero-order chi connectivity index (χ0) is 0. The Kier molecular flexibility index (Phi) is 142. The third-order valence-corrected chi connectivity index (χ3v) is 0. The van der Waals surface area contributed by atoms with Gasteiger partial charge in [-0.2, -0.15) is 0 Å². The molecule has 1 radical (unpaired) electrons. The van der Waals surface area contributed by atoms with E-state index in [0.717, 1.165) is 0 Å². The van der Waals surface area contributed by atoms with Crippen molar-refractivity contribution in [3.05, 3.63) is 0 Å². The maximum absolute atomic E-state index is 0. The minimum absolute atomic E-state index is 0. The van der Waals surface area contributed by atoms with Gasteiger partial charge in [0.05, 0.1) is 0 Å². The summed E-state index contributed by atoms with van der Waals surface area (Å²) in [5.41, 5.74) is 0. The first-order valence-corrected chi connectivity index (χ1v) is 0. The Labute approximate surface area is 77.0 Å². The van der Waals surface area contributed by atoms with Crippen molar-refractivity contribution >= 4 is 17.4 Å². The number of rotatable bonds is 0. The second kappa shape index (κ2) is 17.9. The van der Waals surface area contributed by atoms with Gasteiger partial charge in [-0.1, -0.05) is 0 Å². The van der Waals surface area contributed by atoms with Crippen LogP contribution in [0.2, 0.25) is 0 Å². The van der Waals surface area contributed by atoms with Crippen LogP contribution >= 0.6 is 0 Å². The van der Waals surface area contributed by atoms with Crippen LogP contribution in [0.5, 0.6) is 0 Å². The summed E-state index contributed by atoms with van der Waals surface area (Å²) in [7, 11) is 0. The van der Waals surface area contributed by atoms with Crippen LogP contribution in [0.15, 0.2) is 0 Å². The molecule has 0 aliphatic rings. The summed E-state index contributed by atoms with van der Waals surface area (Å²) in [5.74, 6) is 0. The van der Waals surface area contributed by atoms with Crippen LogP contribution in [0.25, 0.3) is 0 Å². The summed E-state index contributed by atoms with van der Waals surface area (Å²) < 4.78 is 0. The van der Waals surface area contributed by atoms with Crippen molar-refractivity contribution in [3.8, 4) is 0 Å². The molecule has 0 spiro atoms. The zero-order valence-electron chi connectivity index (χ0n) is 1.21. The molecule has 0 aromatic rings. The third kappa shape index (κ3) is 8.82. The summed E-state index contributed by atoms with van der Waals surface area (Å²) in [5, 5.41) is 0. The summed E-state index contributed by atoms with van der Waals surface area (Å²) in [6.45, 7) is 0. The van der Waals surface area contributed by atoms with Gasteiger partial charge in [-0.25, -0.2) is 0 Å². The predicted molar refractivity (Wildman–Crippen MR) is 9.94 cm³/mol. The molecular formula is H3AlCrCuZr. The van der Waals surface area contributed by atoms with Crippen LogP contribution in [0, 0.1) is 0 Å². The largest absolute Gasteiger partial charge is 0.187 e. The minimum Gasteiger partial charge on any atom is 0 e. The van der Waals surface area contributed by atoms with Crippen molar-refractivity contribution in [3.63, 3.8) is 0 Å². The van der Waals surface area contributed by atoms with E-state index < -0.39 is 0 Å². The van der Waals surface area contributed by atoms with Crippen molar-refractivity contribution in [1.82, 2.24) is 0 Å². The SMILES string of the molecule is [AlH3].[Cr].[Cu].[Zr]. The van der Waals surface area contributed by atoms with Gasteiger partial charge in [0.1, 0.15) is 0 Å². The van der Waals surface area contributed by atoms with E-state index in [1.165, 1.54) is 0 Å². The Hall–Kier alpha value is 2.47. The van der Waals surface area contributed by atoms with Crippen molar-refractivity contribution in [1.29, 1.82) is 0 Å². The molecule has 0 unspecified atom stereocenters. The molecule has 0 saturated heterocycles. The Morgan fingerprint density at radius 1 is 1.00 bits per heavy atom. The maximum Gasteiger partial charge on any atom is 0.187 e. The fraction of sp³-hybridized carbons (Fsp3) is 0. The second-order valence-electron chi connectivity index (χ2n) is 0. The molecule has 0 rings (SSSR count). The van der Waals surface area contributed by atoms with E-state index in [9.17, 15) is 0 Å². The number of hydrogen-bond donors (Lipinski definition) is 0. The van der Waals surface area contributed by atoms with Gasteiger partial charge >= 0.3 is 0 Å². The first kappa shape index (κ1) is 31.8. The molecule has 0 aromatic carbocycles. The molecule has 0 aliphatic heterocycles. The molecule has 0 nitrogen and oxygen atoms in total. The molecule has 0 amide bonds. The third-order valence-electron chi connectivity index (χ3n) is 0. The van der Waals surface area contributed by atoms with Gasteiger partial charge in [-0.15, -0.1) is 0 Å². The van der Waals surface area contributed by atoms with E-state index in [0.29, 0.717) is 0 Å². The van der Waals surface area contributed by atoms with E-state index in [1.807, 2.05) is 0 Å². The first-order chi connectivity index (χ1) is 0. The van der Waals surface area contributed by atoms with Crippen LogP contribution in [0.4, 0.5) is 0 Å². The molecule has 0 saturated carbocycles. The molecule has 0 fully saturated rings. The van der Waals surface area contributed by atoms with Gasteiger partial charge in [0.25, 0.3) is 0 Å². The van der Waals surface area contributed by atoms with Crippen molar-refractivity contribution in [2.75, 3.05) is 0 Å². The summed E-state index contributed by atoms with van der Waals surface area (Å²) >= 11 is 0. The Bertz CT molecular complexity index is 8.00. The number of hydrogen-bond acceptors (Lipinski definition) is 0. The molecule has 0 aliphatic carbocycles. The van der Waals surface area contributed by atoms with Gasteiger partial charge in [0.15, 0.2) is 17.4 Å². The quantitative estimate of drug-likeness (QED) is 0.464. The van der Waals surface area contributed by atoms with Gasteiger partial charge in [-0.3, -0.25) is 0 Å². The Morgan fingerprint density at radius 2 is 1.00 bits per heavy atom. The fourth-order valence-corrected chi connectivity index (χ4v) is 0. The molecule has 4 heteroatoms. The first-order valence-electron chi connectivity index (χ1n) is 0. The van der Waals surface area contributed by atoms with E-state index in [4.69, 9.17) is 0 Å². The van der Waals surface area contributed by atoms with E-state index in [-0.39, 0.29) is 78.0 Å². The summed E-state index contributed by atoms with van der Waals surface area (Å²) in [6, 6.07) is 0. The second-order valence-corrected chi connectivity index (χ2v) is 0. The summed E-state index contributed by atoms with van der Waals surface area (Å²) in [6.07, 6.45) is 0. The molecular weight excluding hydrogens is 234 g/mol. The Morgan fingerprint density at radius 3 is 1.00 bits per heavy atom. The molecule has 0 aromatic heterocycles. The smallest absolute Gasteiger partial charge is 0 e. The van der Waals surface area contributed by atoms with E-state index in [2.05, 4.69) is 0 Å². The zero-order valence-corrected chi connectivity index (χ0v) is 5.88. The van der Waals surface area contributed by atoms with Gasteiger partial charge < -0.3 is 0 Å². The average Bonchev–Trinajstić information content (AvgIpc) is 0. The molecule has 0 bridgehead atoms. The predicted octanol–water partition coefficient (Wildman–Crippen LogP) is -1.19. The van der Waals surface area contributed by atoms with Crippen LogP contribution in [-0.2, 0) is 60.6 Å². The molecule has 0 N–H and O–H groups in total. The standard InChI is InChI=1S/Al.Cr.Cu.Zr.3H. The van der Waals surface area contributed by atoms with Crippen molar-refractivity contribution in [2.45, 2.75) is 0 Å². The van der Waals surface area contributed by atoms with Crippen LogP contribution < -0.4 is 0 Å². The Balaban J connectivity index is 0. The maximum atomic E-state index is 0. The monoisotopic (exact) mass is 235 g/mol. The molecule has 4 heavy (non-hydrogen) atoms. The van der Waals surface area contributed by atoms with Gasteiger partial charge in [0, 0.05) is 60.6 Å². The fourth-order valence-electron chi connectivity index (χ4n) is 0. The van der Waals surface area contributed by atoms with E-state index in [1.54, 1.807) is 0 Å². The molecule has 0 atom stereocenters. The van der Waals surface area contributed by atoms with Crippen LogP contribution in [0.3, 0.4) is 0 Å². The summed E-state index contributed by atoms with van der Waals surface area (Å²) in [4.78, 5) is 0. The van der Waals surface area contributed by atoms with Crippen molar-refractivity contribution in [2.24, 2.45) is 0 Å². The topological polar surface area (TPSA) is 0 Å². The molecule has 27 valence electrons. The van der Waals surface area contributed by atoms with Crippen LogP contribution in [-0.4, -0.2) is 17.4 Å². The molecule has 0 heterocycles. The normalized spacial score (nSPS) is 0. The van der Waals surface area contributed by atoms with Crippen LogP contribution in [0.1, 0.15) is 0 Å².